The van der Waals surface area contributed by atoms with Gasteiger partial charge in [-0.2, -0.15) is 0 Å². The van der Waals surface area contributed by atoms with E-state index in [0.717, 1.165) is 32.4 Å². The lowest BCUT2D eigenvalue weighted by atomic mass is 10.1. The highest BCUT2D eigenvalue weighted by atomic mass is 35.5. The number of hydrogen-bond donors (Lipinski definition) is 2. The van der Waals surface area contributed by atoms with Gasteiger partial charge in [0.2, 0.25) is 10.0 Å². The third kappa shape index (κ3) is 4.73. The molecular formula is C15H23ClN2O4S. The zero-order valence-corrected chi connectivity index (χ0v) is 14.5. The van der Waals surface area contributed by atoms with Gasteiger partial charge in [0, 0.05) is 19.0 Å². The summed E-state index contributed by atoms with van der Waals surface area (Å²) < 4.78 is 38.4. The Morgan fingerprint density at radius 3 is 2.74 bits per heavy atom. The van der Waals surface area contributed by atoms with Crippen molar-refractivity contribution in [1.82, 2.24) is 10.0 Å². The highest BCUT2D eigenvalue weighted by Crippen LogP contribution is 2.31. The normalized spacial score (nSPS) is 20.6. The summed E-state index contributed by atoms with van der Waals surface area (Å²) in [4.78, 5) is 0.223. The van der Waals surface area contributed by atoms with Crippen molar-refractivity contribution in [2.24, 2.45) is 5.92 Å². The minimum absolute atomic E-state index is 0. The van der Waals surface area contributed by atoms with Crippen LogP contribution < -0.4 is 19.5 Å². The number of ether oxygens (including phenoxy) is 2. The second-order valence-electron chi connectivity index (χ2n) is 5.70. The summed E-state index contributed by atoms with van der Waals surface area (Å²) >= 11 is 0. The third-order valence-corrected chi connectivity index (χ3v) is 5.50. The van der Waals surface area contributed by atoms with Crippen LogP contribution in [0.25, 0.3) is 0 Å². The number of halogens is 1. The maximum absolute atomic E-state index is 12.4. The molecule has 0 bridgehead atoms. The van der Waals surface area contributed by atoms with Crippen LogP contribution >= 0.6 is 12.4 Å². The average molecular weight is 363 g/mol. The van der Waals surface area contributed by atoms with Crippen molar-refractivity contribution in [1.29, 1.82) is 0 Å². The van der Waals surface area contributed by atoms with Crippen LogP contribution in [-0.4, -0.2) is 41.3 Å². The van der Waals surface area contributed by atoms with E-state index in [4.69, 9.17) is 9.47 Å². The van der Waals surface area contributed by atoms with Crippen molar-refractivity contribution in [2.45, 2.75) is 24.2 Å². The summed E-state index contributed by atoms with van der Waals surface area (Å²) in [5.74, 6) is 1.67. The molecule has 0 spiro atoms. The highest BCUT2D eigenvalue weighted by molar-refractivity contribution is 7.89. The molecule has 2 aliphatic heterocycles. The van der Waals surface area contributed by atoms with Gasteiger partial charge in [-0.1, -0.05) is 0 Å². The molecule has 1 saturated heterocycles. The Morgan fingerprint density at radius 2 is 2.00 bits per heavy atom. The first-order valence-corrected chi connectivity index (χ1v) is 9.23. The van der Waals surface area contributed by atoms with Gasteiger partial charge >= 0.3 is 0 Å². The third-order valence-electron chi connectivity index (χ3n) is 4.04. The Morgan fingerprint density at radius 1 is 1.22 bits per heavy atom. The number of nitrogens with one attached hydrogen (secondary N) is 2. The summed E-state index contributed by atoms with van der Waals surface area (Å²) in [7, 11) is -3.50. The molecule has 0 radical (unpaired) electrons. The van der Waals surface area contributed by atoms with Gasteiger partial charge in [-0.3, -0.25) is 0 Å². The van der Waals surface area contributed by atoms with Crippen molar-refractivity contribution in [3.63, 3.8) is 0 Å². The molecule has 1 atom stereocenters. The van der Waals surface area contributed by atoms with Crippen LogP contribution in [0.1, 0.15) is 19.3 Å². The number of sulfonamides is 1. The zero-order valence-electron chi connectivity index (χ0n) is 12.9. The second-order valence-corrected chi connectivity index (χ2v) is 7.47. The van der Waals surface area contributed by atoms with E-state index < -0.39 is 10.0 Å². The quantitative estimate of drug-likeness (QED) is 0.831. The van der Waals surface area contributed by atoms with E-state index in [1.54, 1.807) is 18.2 Å². The molecular weight excluding hydrogens is 340 g/mol. The van der Waals surface area contributed by atoms with Crippen molar-refractivity contribution in [3.05, 3.63) is 18.2 Å². The molecule has 1 unspecified atom stereocenters. The lowest BCUT2D eigenvalue weighted by Gasteiger charge is -2.12. The minimum atomic E-state index is -3.50. The van der Waals surface area contributed by atoms with E-state index in [2.05, 4.69) is 10.0 Å². The Hall–Kier alpha value is -1.02. The Kier molecular flexibility index (Phi) is 6.52. The molecule has 1 aromatic carbocycles. The van der Waals surface area contributed by atoms with Crippen molar-refractivity contribution in [3.8, 4) is 11.5 Å². The largest absolute Gasteiger partial charge is 0.490 e. The van der Waals surface area contributed by atoms with Gasteiger partial charge in [0.15, 0.2) is 11.5 Å². The molecule has 130 valence electrons. The van der Waals surface area contributed by atoms with Gasteiger partial charge in [0.1, 0.15) is 0 Å². The fourth-order valence-electron chi connectivity index (χ4n) is 2.75. The summed E-state index contributed by atoms with van der Waals surface area (Å²) in [6, 6.07) is 4.77. The van der Waals surface area contributed by atoms with E-state index in [1.165, 1.54) is 0 Å². The van der Waals surface area contributed by atoms with Crippen molar-refractivity contribution >= 4 is 22.4 Å². The van der Waals surface area contributed by atoms with Crippen LogP contribution in [0.2, 0.25) is 0 Å². The number of hydrogen-bond acceptors (Lipinski definition) is 5. The summed E-state index contributed by atoms with van der Waals surface area (Å²) in [5, 5.41) is 3.28. The standard InChI is InChI=1S/C15H22N2O4S.ClH/c18-22(19,17-7-5-12-4-6-16-11-12)13-2-3-14-15(10-13)21-9-1-8-20-14;/h2-3,10,12,16-17H,1,4-9,11H2;1H. The molecule has 0 aliphatic carbocycles. The van der Waals surface area contributed by atoms with Crippen LogP contribution in [0.4, 0.5) is 0 Å². The summed E-state index contributed by atoms with van der Waals surface area (Å²) in [6.07, 6.45) is 2.77. The molecule has 8 heteroatoms. The lowest BCUT2D eigenvalue weighted by molar-refractivity contribution is 0.297. The second kappa shape index (κ2) is 8.19. The van der Waals surface area contributed by atoms with E-state index in [9.17, 15) is 8.42 Å². The lowest BCUT2D eigenvalue weighted by Crippen LogP contribution is -2.26. The van der Waals surface area contributed by atoms with Crippen LogP contribution in [0, 0.1) is 5.92 Å². The van der Waals surface area contributed by atoms with Crippen LogP contribution in [0.15, 0.2) is 23.1 Å². The summed E-state index contributed by atoms with van der Waals surface area (Å²) in [5.41, 5.74) is 0. The molecule has 0 aromatic heterocycles. The molecule has 0 amide bonds. The van der Waals surface area contributed by atoms with Crippen molar-refractivity contribution < 1.29 is 17.9 Å². The minimum Gasteiger partial charge on any atom is -0.490 e. The first kappa shape index (κ1) is 18.3. The SMILES string of the molecule is Cl.O=S(=O)(NCCC1CCNC1)c1ccc2c(c1)OCCCO2. The number of rotatable bonds is 5. The van der Waals surface area contributed by atoms with Gasteiger partial charge in [0.25, 0.3) is 0 Å². The molecule has 2 heterocycles. The van der Waals surface area contributed by atoms with E-state index in [1.807, 2.05) is 0 Å². The predicted molar refractivity (Wildman–Crippen MR) is 90.1 cm³/mol. The molecule has 6 nitrogen and oxygen atoms in total. The van der Waals surface area contributed by atoms with Crippen LogP contribution in [-0.2, 0) is 10.0 Å². The molecule has 1 aromatic rings. The van der Waals surface area contributed by atoms with Crippen molar-refractivity contribution in [2.75, 3.05) is 32.8 Å². The molecule has 0 saturated carbocycles. The highest BCUT2D eigenvalue weighted by Gasteiger charge is 2.20. The number of fused-ring (bicyclic) bond motifs is 1. The summed E-state index contributed by atoms with van der Waals surface area (Å²) in [6.45, 7) is 3.60. The van der Waals surface area contributed by atoms with Gasteiger partial charge in [-0.15, -0.1) is 12.4 Å². The molecule has 2 aliphatic rings. The number of benzene rings is 1. The first-order valence-electron chi connectivity index (χ1n) is 7.75. The smallest absolute Gasteiger partial charge is 0.240 e. The maximum Gasteiger partial charge on any atom is 0.240 e. The van der Waals surface area contributed by atoms with Crippen LogP contribution in [0.5, 0.6) is 11.5 Å². The molecule has 23 heavy (non-hydrogen) atoms. The molecule has 3 rings (SSSR count). The Labute approximate surface area is 143 Å². The van der Waals surface area contributed by atoms with Gasteiger partial charge in [-0.05, 0) is 44.0 Å². The zero-order chi connectivity index (χ0) is 15.4. The molecule has 2 N–H and O–H groups in total. The predicted octanol–water partition coefficient (Wildman–Crippen LogP) is 1.55. The van der Waals surface area contributed by atoms with Gasteiger partial charge in [-0.25, -0.2) is 13.1 Å². The van der Waals surface area contributed by atoms with Crippen LogP contribution in [0.3, 0.4) is 0 Å². The molecule has 1 fully saturated rings. The first-order chi connectivity index (χ1) is 10.6. The topological polar surface area (TPSA) is 76.7 Å². The van der Waals surface area contributed by atoms with Gasteiger partial charge in [0.05, 0.1) is 18.1 Å². The fraction of sp³-hybridized carbons (Fsp3) is 0.600. The average Bonchev–Trinajstić information content (AvgIpc) is 2.90. The Bertz CT molecular complexity index is 618. The van der Waals surface area contributed by atoms with E-state index >= 15 is 0 Å². The van der Waals surface area contributed by atoms with E-state index in [0.29, 0.717) is 37.2 Å². The maximum atomic E-state index is 12.4. The Balaban J connectivity index is 0.00000192. The van der Waals surface area contributed by atoms with E-state index in [-0.39, 0.29) is 17.3 Å². The fourth-order valence-corrected chi connectivity index (χ4v) is 3.81. The van der Waals surface area contributed by atoms with Gasteiger partial charge < -0.3 is 14.8 Å². The monoisotopic (exact) mass is 362 g/mol.